The van der Waals surface area contributed by atoms with Crippen LogP contribution in [0.3, 0.4) is 0 Å². The first-order valence-corrected chi connectivity index (χ1v) is 9.23. The minimum Gasteiger partial charge on any atom is -0.378 e. The molecule has 0 aliphatic rings. The average molecular weight is 349 g/mol. The van der Waals surface area contributed by atoms with Gasteiger partial charge < -0.3 is 31.6 Å². The summed E-state index contributed by atoms with van der Waals surface area (Å²) in [5.74, 6) is 0. The van der Waals surface area contributed by atoms with Crippen LogP contribution >= 0.6 is 0 Å². The molecule has 0 heterocycles. The van der Waals surface area contributed by atoms with Crippen LogP contribution in [0.25, 0.3) is 0 Å². The van der Waals surface area contributed by atoms with Crippen LogP contribution in [-0.2, 0) is 9.47 Å². The van der Waals surface area contributed by atoms with Crippen molar-refractivity contribution >= 4 is 0 Å². The minimum atomic E-state index is 0.115. The summed E-state index contributed by atoms with van der Waals surface area (Å²) in [6.45, 7) is 19.5. The third-order valence-corrected chi connectivity index (χ3v) is 2.73. The molecule has 0 amide bonds. The second-order valence-electron chi connectivity index (χ2n) is 7.47. The third-order valence-electron chi connectivity index (χ3n) is 2.73. The van der Waals surface area contributed by atoms with Crippen molar-refractivity contribution in [3.63, 3.8) is 0 Å². The van der Waals surface area contributed by atoms with Crippen LogP contribution in [0, 0.1) is 0 Å². The molecule has 6 nitrogen and oxygen atoms in total. The van der Waals surface area contributed by atoms with Crippen LogP contribution in [0.1, 0.15) is 55.4 Å². The van der Waals surface area contributed by atoms with Gasteiger partial charge in [-0.2, -0.15) is 0 Å². The molecular weight excluding hydrogens is 304 g/mol. The molecule has 0 fully saturated rings. The van der Waals surface area contributed by atoms with Crippen LogP contribution in [0.4, 0.5) is 0 Å². The predicted octanol–water partition coefficient (Wildman–Crippen LogP) is 1.47. The van der Waals surface area contributed by atoms with E-state index in [2.05, 4.69) is 52.2 Å². The van der Waals surface area contributed by atoms with E-state index >= 15 is 0 Å². The molecule has 0 rings (SSSR count). The SMILES string of the molecule is CC(C)NC(C)COCC(C)NC(C)C.CC(N)COCC(C)N. The molecule has 0 radical (unpaired) electrons. The fourth-order valence-corrected chi connectivity index (χ4v) is 2.10. The Labute approximate surface area is 150 Å². The Hall–Kier alpha value is -0.240. The van der Waals surface area contributed by atoms with E-state index in [-0.39, 0.29) is 12.1 Å². The summed E-state index contributed by atoms with van der Waals surface area (Å²) in [6, 6.07) is 2.13. The number of ether oxygens (including phenoxy) is 2. The summed E-state index contributed by atoms with van der Waals surface area (Å²) in [5, 5.41) is 6.82. The summed E-state index contributed by atoms with van der Waals surface area (Å²) >= 11 is 0. The van der Waals surface area contributed by atoms with E-state index in [1.165, 1.54) is 0 Å². The lowest BCUT2D eigenvalue weighted by molar-refractivity contribution is 0.0954. The van der Waals surface area contributed by atoms with Gasteiger partial charge in [0.15, 0.2) is 0 Å². The molecule has 4 unspecified atom stereocenters. The van der Waals surface area contributed by atoms with Crippen molar-refractivity contribution in [1.29, 1.82) is 0 Å². The van der Waals surface area contributed by atoms with Gasteiger partial charge in [0.2, 0.25) is 0 Å². The normalized spacial score (nSPS) is 16.5. The molecule has 24 heavy (non-hydrogen) atoms. The number of hydrogen-bond acceptors (Lipinski definition) is 6. The van der Waals surface area contributed by atoms with Crippen molar-refractivity contribution in [3.05, 3.63) is 0 Å². The first-order valence-electron chi connectivity index (χ1n) is 9.23. The van der Waals surface area contributed by atoms with Gasteiger partial charge >= 0.3 is 0 Å². The smallest absolute Gasteiger partial charge is 0.0617 e. The lowest BCUT2D eigenvalue weighted by atomic mass is 10.3. The van der Waals surface area contributed by atoms with Gasteiger partial charge in [-0.15, -0.1) is 0 Å². The summed E-state index contributed by atoms with van der Waals surface area (Å²) in [7, 11) is 0. The molecule has 6 N–H and O–H groups in total. The van der Waals surface area contributed by atoms with E-state index in [0.717, 1.165) is 13.2 Å². The van der Waals surface area contributed by atoms with Gasteiger partial charge in [-0.1, -0.05) is 27.7 Å². The highest BCUT2D eigenvalue weighted by Crippen LogP contribution is 1.92. The monoisotopic (exact) mass is 348 g/mol. The Kier molecular flexibility index (Phi) is 17.6. The molecule has 0 aliphatic heterocycles. The number of nitrogens with one attached hydrogen (secondary N) is 2. The van der Waals surface area contributed by atoms with E-state index in [1.54, 1.807) is 0 Å². The molecule has 6 heteroatoms. The van der Waals surface area contributed by atoms with Crippen LogP contribution in [-0.4, -0.2) is 62.7 Å². The fourth-order valence-electron chi connectivity index (χ4n) is 2.10. The van der Waals surface area contributed by atoms with Crippen LogP contribution < -0.4 is 22.1 Å². The lowest BCUT2D eigenvalue weighted by Gasteiger charge is -2.20. The zero-order valence-electron chi connectivity index (χ0n) is 17.3. The highest BCUT2D eigenvalue weighted by Gasteiger charge is 2.06. The Morgan fingerprint density at radius 3 is 1.12 bits per heavy atom. The standard InChI is InChI=1S/C12H28N2O.C6H16N2O/c1-9(2)13-11(5)7-15-8-12(6)14-10(3)4;1-5(7)3-9-4-6(2)8/h9-14H,7-8H2,1-6H3;5-6H,3-4,7-8H2,1-2H3. The van der Waals surface area contributed by atoms with Crippen molar-refractivity contribution in [1.82, 2.24) is 10.6 Å². The molecule has 0 saturated heterocycles. The molecular formula is C18H44N4O2. The molecule has 0 aromatic heterocycles. The second kappa shape index (κ2) is 16.2. The van der Waals surface area contributed by atoms with Crippen molar-refractivity contribution in [2.75, 3.05) is 26.4 Å². The van der Waals surface area contributed by atoms with Gasteiger partial charge in [0.05, 0.1) is 26.4 Å². The van der Waals surface area contributed by atoms with Crippen LogP contribution in [0.2, 0.25) is 0 Å². The molecule has 0 saturated carbocycles. The van der Waals surface area contributed by atoms with E-state index in [1.807, 2.05) is 13.8 Å². The molecule has 0 bridgehead atoms. The van der Waals surface area contributed by atoms with E-state index in [0.29, 0.717) is 37.4 Å². The average Bonchev–Trinajstić information content (AvgIpc) is 2.36. The first-order chi connectivity index (χ1) is 11.0. The quantitative estimate of drug-likeness (QED) is 0.427. The second-order valence-corrected chi connectivity index (χ2v) is 7.47. The largest absolute Gasteiger partial charge is 0.378 e. The molecule has 4 atom stereocenters. The molecule has 0 spiro atoms. The topological polar surface area (TPSA) is 94.6 Å². The highest BCUT2D eigenvalue weighted by molar-refractivity contribution is 4.65. The van der Waals surface area contributed by atoms with E-state index in [9.17, 15) is 0 Å². The fraction of sp³-hybridized carbons (Fsp3) is 1.00. The summed E-state index contributed by atoms with van der Waals surface area (Å²) < 4.78 is 10.7. The maximum atomic E-state index is 5.63. The van der Waals surface area contributed by atoms with E-state index < -0.39 is 0 Å². The summed E-state index contributed by atoms with van der Waals surface area (Å²) in [6.07, 6.45) is 0. The molecule has 0 aromatic carbocycles. The zero-order valence-corrected chi connectivity index (χ0v) is 17.3. The van der Waals surface area contributed by atoms with Gasteiger partial charge in [0.25, 0.3) is 0 Å². The molecule has 0 aliphatic carbocycles. The van der Waals surface area contributed by atoms with Crippen LogP contribution in [0.15, 0.2) is 0 Å². The lowest BCUT2D eigenvalue weighted by Crippen LogP contribution is -2.39. The molecule has 148 valence electrons. The predicted molar refractivity (Wildman–Crippen MR) is 104 cm³/mol. The first kappa shape index (κ1) is 26.0. The van der Waals surface area contributed by atoms with Gasteiger partial charge in [-0.25, -0.2) is 0 Å². The Bertz CT molecular complexity index is 237. The van der Waals surface area contributed by atoms with Gasteiger partial charge in [0, 0.05) is 36.3 Å². The van der Waals surface area contributed by atoms with Crippen molar-refractivity contribution in [2.45, 2.75) is 91.6 Å². The van der Waals surface area contributed by atoms with Gasteiger partial charge in [0.1, 0.15) is 0 Å². The Balaban J connectivity index is 0. The van der Waals surface area contributed by atoms with Gasteiger partial charge in [-0.3, -0.25) is 0 Å². The maximum absolute atomic E-state index is 5.63. The van der Waals surface area contributed by atoms with Crippen molar-refractivity contribution in [2.24, 2.45) is 11.5 Å². The Morgan fingerprint density at radius 2 is 0.875 bits per heavy atom. The van der Waals surface area contributed by atoms with Crippen LogP contribution in [0.5, 0.6) is 0 Å². The highest BCUT2D eigenvalue weighted by atomic mass is 16.5. The maximum Gasteiger partial charge on any atom is 0.0617 e. The summed E-state index contributed by atoms with van der Waals surface area (Å²) in [4.78, 5) is 0. The Morgan fingerprint density at radius 1 is 0.583 bits per heavy atom. The number of hydrogen-bond donors (Lipinski definition) is 4. The minimum absolute atomic E-state index is 0.115. The number of nitrogens with two attached hydrogens (primary N) is 2. The number of rotatable bonds is 12. The molecule has 0 aromatic rings. The third kappa shape index (κ3) is 24.0. The van der Waals surface area contributed by atoms with Gasteiger partial charge in [-0.05, 0) is 27.7 Å². The van der Waals surface area contributed by atoms with Crippen molar-refractivity contribution in [3.8, 4) is 0 Å². The van der Waals surface area contributed by atoms with E-state index in [4.69, 9.17) is 20.9 Å². The zero-order chi connectivity index (χ0) is 19.1. The summed E-state index contributed by atoms with van der Waals surface area (Å²) in [5.41, 5.74) is 10.8. The van der Waals surface area contributed by atoms with Crippen molar-refractivity contribution < 1.29 is 9.47 Å².